The van der Waals surface area contributed by atoms with Gasteiger partial charge in [0.15, 0.2) is 5.82 Å². The van der Waals surface area contributed by atoms with E-state index in [-0.39, 0.29) is 12.5 Å². The van der Waals surface area contributed by atoms with Crippen LogP contribution in [-0.2, 0) is 24.4 Å². The van der Waals surface area contributed by atoms with Crippen LogP contribution in [0.5, 0.6) is 11.6 Å². The molecule has 0 radical (unpaired) electrons. The van der Waals surface area contributed by atoms with Crippen molar-refractivity contribution >= 4 is 27.5 Å². The van der Waals surface area contributed by atoms with E-state index in [2.05, 4.69) is 15.3 Å². The Balaban J connectivity index is 1.35. The van der Waals surface area contributed by atoms with Gasteiger partial charge in [-0.05, 0) is 42.2 Å². The lowest BCUT2D eigenvalue weighted by Crippen LogP contribution is -2.25. The van der Waals surface area contributed by atoms with Crippen LogP contribution < -0.4 is 14.8 Å². The molecule has 0 fully saturated rings. The first-order chi connectivity index (χ1) is 16.6. The summed E-state index contributed by atoms with van der Waals surface area (Å²) in [5.41, 5.74) is 3.07. The van der Waals surface area contributed by atoms with Gasteiger partial charge in [-0.2, -0.15) is 4.98 Å². The molecular formula is C26H27N3O4S. The Morgan fingerprint density at radius 2 is 1.74 bits per heavy atom. The van der Waals surface area contributed by atoms with Gasteiger partial charge in [0.05, 0.1) is 17.4 Å². The fraction of sp³-hybridized carbons (Fsp3) is 0.269. The minimum atomic E-state index is -0.126. The van der Waals surface area contributed by atoms with Crippen molar-refractivity contribution in [2.75, 3.05) is 20.8 Å². The largest absolute Gasteiger partial charge is 0.489 e. The quantitative estimate of drug-likeness (QED) is 0.356. The molecule has 8 heteroatoms. The Kier molecular flexibility index (Phi) is 7.72. The number of thiophene rings is 1. The highest BCUT2D eigenvalue weighted by Crippen LogP contribution is 2.35. The second-order valence-electron chi connectivity index (χ2n) is 7.74. The van der Waals surface area contributed by atoms with Crippen molar-refractivity contribution < 1.29 is 19.0 Å². The SMILES string of the molecule is COCc1nc(OC)c2c(C)c(C(=O)NCCc3ccc(OCc4ccccc4)cc3)sc2n1. The van der Waals surface area contributed by atoms with E-state index >= 15 is 0 Å². The van der Waals surface area contributed by atoms with E-state index in [0.29, 0.717) is 34.6 Å². The molecule has 176 valence electrons. The number of carbonyl (C=O) groups is 1. The molecular weight excluding hydrogens is 450 g/mol. The molecule has 34 heavy (non-hydrogen) atoms. The van der Waals surface area contributed by atoms with Gasteiger partial charge in [0.25, 0.3) is 5.91 Å². The minimum absolute atomic E-state index is 0.126. The molecule has 2 heterocycles. The highest BCUT2D eigenvalue weighted by Gasteiger charge is 2.21. The Hall–Kier alpha value is -3.49. The van der Waals surface area contributed by atoms with Gasteiger partial charge in [-0.1, -0.05) is 42.5 Å². The van der Waals surface area contributed by atoms with Crippen LogP contribution in [0.15, 0.2) is 54.6 Å². The molecule has 2 aromatic carbocycles. The van der Waals surface area contributed by atoms with E-state index in [1.165, 1.54) is 11.3 Å². The molecule has 0 aliphatic rings. The highest BCUT2D eigenvalue weighted by molar-refractivity contribution is 7.20. The molecule has 2 aromatic heterocycles. The number of nitrogens with one attached hydrogen (secondary N) is 1. The third-order valence-electron chi connectivity index (χ3n) is 5.35. The number of hydrogen-bond donors (Lipinski definition) is 1. The first kappa shape index (κ1) is 23.7. The van der Waals surface area contributed by atoms with Crippen LogP contribution in [0.3, 0.4) is 0 Å². The van der Waals surface area contributed by atoms with Crippen LogP contribution in [0.1, 0.15) is 32.2 Å². The van der Waals surface area contributed by atoms with Crippen molar-refractivity contribution in [3.8, 4) is 11.6 Å². The van der Waals surface area contributed by atoms with Gasteiger partial charge in [-0.3, -0.25) is 4.79 Å². The van der Waals surface area contributed by atoms with Crippen molar-refractivity contribution in [3.63, 3.8) is 0 Å². The normalized spacial score (nSPS) is 10.9. The molecule has 0 aliphatic carbocycles. The number of carbonyl (C=O) groups excluding carboxylic acids is 1. The van der Waals surface area contributed by atoms with Crippen molar-refractivity contribution in [3.05, 3.63) is 82.0 Å². The van der Waals surface area contributed by atoms with Crippen LogP contribution in [0.4, 0.5) is 0 Å². The zero-order chi connectivity index (χ0) is 23.9. The molecule has 0 spiro atoms. The topological polar surface area (TPSA) is 82.6 Å². The number of aryl methyl sites for hydroxylation is 1. The Bertz CT molecular complexity index is 1260. The fourth-order valence-corrected chi connectivity index (χ4v) is 4.70. The maximum absolute atomic E-state index is 12.9. The average Bonchev–Trinajstić information content (AvgIpc) is 3.20. The van der Waals surface area contributed by atoms with Gasteiger partial charge in [0, 0.05) is 13.7 Å². The van der Waals surface area contributed by atoms with Gasteiger partial charge in [-0.25, -0.2) is 4.98 Å². The van der Waals surface area contributed by atoms with Crippen LogP contribution >= 0.6 is 11.3 Å². The number of benzene rings is 2. The summed E-state index contributed by atoms with van der Waals surface area (Å²) >= 11 is 1.34. The van der Waals surface area contributed by atoms with Crippen molar-refractivity contribution in [2.24, 2.45) is 0 Å². The molecule has 1 amide bonds. The van der Waals surface area contributed by atoms with Gasteiger partial charge in [0.2, 0.25) is 5.88 Å². The first-order valence-corrected chi connectivity index (χ1v) is 11.8. The molecule has 0 unspecified atom stereocenters. The second-order valence-corrected chi connectivity index (χ2v) is 8.74. The molecule has 0 saturated heterocycles. The van der Waals surface area contributed by atoms with E-state index in [1.807, 2.05) is 61.5 Å². The summed E-state index contributed by atoms with van der Waals surface area (Å²) < 4.78 is 16.4. The minimum Gasteiger partial charge on any atom is -0.489 e. The van der Waals surface area contributed by atoms with Gasteiger partial charge < -0.3 is 19.5 Å². The molecule has 1 N–H and O–H groups in total. The maximum atomic E-state index is 12.9. The number of amides is 1. The van der Waals surface area contributed by atoms with Crippen LogP contribution in [0.25, 0.3) is 10.2 Å². The number of methoxy groups -OCH3 is 2. The van der Waals surface area contributed by atoms with E-state index in [0.717, 1.165) is 34.2 Å². The van der Waals surface area contributed by atoms with Gasteiger partial charge >= 0.3 is 0 Å². The van der Waals surface area contributed by atoms with Crippen LogP contribution in [-0.4, -0.2) is 36.6 Å². The molecule has 0 atom stereocenters. The summed E-state index contributed by atoms with van der Waals surface area (Å²) in [6.45, 7) is 3.23. The second kappa shape index (κ2) is 11.1. The van der Waals surface area contributed by atoms with Gasteiger partial charge in [0.1, 0.15) is 23.8 Å². The Morgan fingerprint density at radius 3 is 2.44 bits per heavy atom. The average molecular weight is 478 g/mol. The number of nitrogens with zero attached hydrogens (tertiary/aromatic N) is 2. The van der Waals surface area contributed by atoms with E-state index < -0.39 is 0 Å². The Morgan fingerprint density at radius 1 is 0.971 bits per heavy atom. The lowest BCUT2D eigenvalue weighted by Gasteiger charge is -2.08. The van der Waals surface area contributed by atoms with Crippen molar-refractivity contribution in [1.82, 2.24) is 15.3 Å². The predicted octanol–water partition coefficient (Wildman–Crippen LogP) is 4.71. The first-order valence-electron chi connectivity index (χ1n) is 11.0. The number of fused-ring (bicyclic) bond motifs is 1. The molecule has 0 aliphatic heterocycles. The van der Waals surface area contributed by atoms with Gasteiger partial charge in [-0.15, -0.1) is 11.3 Å². The lowest BCUT2D eigenvalue weighted by molar-refractivity contribution is 0.0957. The lowest BCUT2D eigenvalue weighted by atomic mass is 10.1. The third kappa shape index (κ3) is 5.52. The summed E-state index contributed by atoms with van der Waals surface area (Å²) in [5, 5.41) is 3.78. The van der Waals surface area contributed by atoms with E-state index in [4.69, 9.17) is 14.2 Å². The van der Waals surface area contributed by atoms with Crippen molar-refractivity contribution in [2.45, 2.75) is 26.6 Å². The number of rotatable bonds is 10. The highest BCUT2D eigenvalue weighted by atomic mass is 32.1. The molecule has 0 bridgehead atoms. The summed E-state index contributed by atoms with van der Waals surface area (Å²) in [6.07, 6.45) is 0.718. The van der Waals surface area contributed by atoms with E-state index in [1.54, 1.807) is 14.2 Å². The summed E-state index contributed by atoms with van der Waals surface area (Å²) in [7, 11) is 3.15. The monoisotopic (exact) mass is 477 g/mol. The zero-order valence-corrected chi connectivity index (χ0v) is 20.3. The third-order valence-corrected chi connectivity index (χ3v) is 6.53. The number of ether oxygens (including phenoxy) is 3. The summed E-state index contributed by atoms with van der Waals surface area (Å²) in [4.78, 5) is 23.1. The summed E-state index contributed by atoms with van der Waals surface area (Å²) in [5.74, 6) is 1.68. The zero-order valence-electron chi connectivity index (χ0n) is 19.5. The van der Waals surface area contributed by atoms with E-state index in [9.17, 15) is 4.79 Å². The number of hydrogen-bond acceptors (Lipinski definition) is 7. The molecule has 4 aromatic rings. The number of aromatic nitrogens is 2. The smallest absolute Gasteiger partial charge is 0.261 e. The van der Waals surface area contributed by atoms with Crippen LogP contribution in [0.2, 0.25) is 0 Å². The Labute approximate surface area is 202 Å². The molecule has 7 nitrogen and oxygen atoms in total. The molecule has 0 saturated carbocycles. The standard InChI is InChI=1S/C26H27N3O4S/c1-17-22-25(32-3)28-21(16-31-2)29-26(22)34-23(17)24(30)27-14-13-18-9-11-20(12-10-18)33-15-19-7-5-4-6-8-19/h4-12H,13-16H2,1-3H3,(H,27,30). The van der Waals surface area contributed by atoms with Crippen LogP contribution in [0, 0.1) is 6.92 Å². The fourth-order valence-electron chi connectivity index (χ4n) is 3.60. The summed E-state index contributed by atoms with van der Waals surface area (Å²) in [6, 6.07) is 18.0. The molecule has 4 rings (SSSR count). The van der Waals surface area contributed by atoms with Crippen molar-refractivity contribution in [1.29, 1.82) is 0 Å². The predicted molar refractivity (Wildman–Crippen MR) is 133 cm³/mol. The maximum Gasteiger partial charge on any atom is 0.261 e.